The molecule has 23 heavy (non-hydrogen) atoms. The molecule has 0 unspecified atom stereocenters. The van der Waals surface area contributed by atoms with Gasteiger partial charge in [0.25, 0.3) is 0 Å². The van der Waals surface area contributed by atoms with Crippen molar-refractivity contribution in [3.63, 3.8) is 0 Å². The fourth-order valence-electron chi connectivity index (χ4n) is 2.15. The van der Waals surface area contributed by atoms with Gasteiger partial charge in [0.05, 0.1) is 0 Å². The van der Waals surface area contributed by atoms with Gasteiger partial charge in [-0.1, -0.05) is 0 Å². The standard InChI is InChI=1S/C15H32N6O2/c1-3-19-15(23)5-9-21(11-7-17)13-12-20(10-6-16)8-4-14(22)18-2/h7,17H,3-6,8-13,16H2,1-2H3,(H,18,22)(H,19,23). The molecular weight excluding hydrogens is 296 g/mol. The first-order valence-corrected chi connectivity index (χ1v) is 8.18. The summed E-state index contributed by atoms with van der Waals surface area (Å²) in [7, 11) is 1.63. The molecule has 0 spiro atoms. The van der Waals surface area contributed by atoms with Gasteiger partial charge < -0.3 is 26.7 Å². The number of hydrogen-bond donors (Lipinski definition) is 4. The number of carbonyl (C=O) groups excluding carboxylic acids is 2. The summed E-state index contributed by atoms with van der Waals surface area (Å²) in [6, 6.07) is 0. The van der Waals surface area contributed by atoms with Gasteiger partial charge in [0, 0.05) is 78.5 Å². The Morgan fingerprint density at radius 1 is 1.04 bits per heavy atom. The minimum atomic E-state index is 0.0135. The van der Waals surface area contributed by atoms with Gasteiger partial charge in [-0.15, -0.1) is 0 Å². The van der Waals surface area contributed by atoms with Crippen molar-refractivity contribution < 1.29 is 9.59 Å². The highest BCUT2D eigenvalue weighted by Gasteiger charge is 2.11. The van der Waals surface area contributed by atoms with Crippen LogP contribution in [0.3, 0.4) is 0 Å². The van der Waals surface area contributed by atoms with Gasteiger partial charge >= 0.3 is 0 Å². The molecule has 0 aliphatic heterocycles. The van der Waals surface area contributed by atoms with Crippen LogP contribution in [0.2, 0.25) is 0 Å². The van der Waals surface area contributed by atoms with Crippen molar-refractivity contribution in [2.45, 2.75) is 19.8 Å². The molecule has 0 aliphatic carbocycles. The Kier molecular flexibility index (Phi) is 13.2. The van der Waals surface area contributed by atoms with Crippen LogP contribution in [0, 0.1) is 5.41 Å². The van der Waals surface area contributed by atoms with Gasteiger partial charge in [0.1, 0.15) is 0 Å². The quantitative estimate of drug-likeness (QED) is 0.301. The first-order valence-electron chi connectivity index (χ1n) is 8.18. The molecule has 0 aliphatic rings. The van der Waals surface area contributed by atoms with Gasteiger partial charge in [-0.3, -0.25) is 14.5 Å². The lowest BCUT2D eigenvalue weighted by atomic mass is 10.3. The van der Waals surface area contributed by atoms with Crippen molar-refractivity contribution in [2.75, 3.05) is 59.4 Å². The SMILES string of the molecule is CCNC(=O)CCN(CC=N)CCN(CCN)CCC(=O)NC. The Bertz CT molecular complexity index is 351. The summed E-state index contributed by atoms with van der Waals surface area (Å²) in [5.41, 5.74) is 5.62. The number of rotatable bonds is 14. The summed E-state index contributed by atoms with van der Waals surface area (Å²) in [6.07, 6.45) is 2.21. The van der Waals surface area contributed by atoms with Gasteiger partial charge in [0.15, 0.2) is 0 Å². The summed E-state index contributed by atoms with van der Waals surface area (Å²) in [5, 5.41) is 12.7. The molecule has 134 valence electrons. The third-order valence-electron chi connectivity index (χ3n) is 3.49. The number of carbonyl (C=O) groups is 2. The third kappa shape index (κ3) is 11.7. The van der Waals surface area contributed by atoms with E-state index in [0.29, 0.717) is 45.6 Å². The van der Waals surface area contributed by atoms with Crippen molar-refractivity contribution in [1.82, 2.24) is 20.4 Å². The molecule has 0 atom stereocenters. The zero-order valence-electron chi connectivity index (χ0n) is 14.4. The molecule has 0 saturated carbocycles. The van der Waals surface area contributed by atoms with Crippen molar-refractivity contribution in [2.24, 2.45) is 5.73 Å². The van der Waals surface area contributed by atoms with Gasteiger partial charge in [-0.2, -0.15) is 0 Å². The van der Waals surface area contributed by atoms with E-state index < -0.39 is 0 Å². The van der Waals surface area contributed by atoms with E-state index in [4.69, 9.17) is 11.1 Å². The Morgan fingerprint density at radius 2 is 1.65 bits per heavy atom. The summed E-state index contributed by atoms with van der Waals surface area (Å²) in [5.74, 6) is 0.0421. The molecule has 0 fully saturated rings. The molecule has 0 bridgehead atoms. The molecular formula is C15H32N6O2. The van der Waals surface area contributed by atoms with E-state index in [2.05, 4.69) is 20.4 Å². The van der Waals surface area contributed by atoms with Gasteiger partial charge in [-0.25, -0.2) is 0 Å². The van der Waals surface area contributed by atoms with Crippen LogP contribution < -0.4 is 16.4 Å². The van der Waals surface area contributed by atoms with Gasteiger partial charge in [-0.05, 0) is 6.92 Å². The Hall–Kier alpha value is -1.51. The molecule has 0 saturated heterocycles. The molecule has 0 rings (SSSR count). The first-order chi connectivity index (χ1) is 11.1. The van der Waals surface area contributed by atoms with E-state index in [-0.39, 0.29) is 11.8 Å². The van der Waals surface area contributed by atoms with Crippen LogP contribution in [0.15, 0.2) is 0 Å². The maximum absolute atomic E-state index is 11.5. The normalized spacial score (nSPS) is 10.8. The van der Waals surface area contributed by atoms with Crippen LogP contribution >= 0.6 is 0 Å². The number of hydrogen-bond acceptors (Lipinski definition) is 6. The topological polar surface area (TPSA) is 115 Å². The highest BCUT2D eigenvalue weighted by atomic mass is 16.2. The molecule has 0 heterocycles. The molecule has 0 radical (unpaired) electrons. The van der Waals surface area contributed by atoms with Crippen LogP contribution in [0.4, 0.5) is 0 Å². The molecule has 0 aromatic heterocycles. The second kappa shape index (κ2) is 14.1. The van der Waals surface area contributed by atoms with Crippen LogP contribution in [0.25, 0.3) is 0 Å². The lowest BCUT2D eigenvalue weighted by Crippen LogP contribution is -2.41. The van der Waals surface area contributed by atoms with Crippen molar-refractivity contribution in [3.05, 3.63) is 0 Å². The third-order valence-corrected chi connectivity index (χ3v) is 3.49. The zero-order chi connectivity index (χ0) is 17.5. The maximum Gasteiger partial charge on any atom is 0.221 e. The van der Waals surface area contributed by atoms with Crippen molar-refractivity contribution in [1.29, 1.82) is 5.41 Å². The van der Waals surface area contributed by atoms with Gasteiger partial charge in [0.2, 0.25) is 11.8 Å². The highest BCUT2D eigenvalue weighted by molar-refractivity contribution is 5.76. The largest absolute Gasteiger partial charge is 0.359 e. The Balaban J connectivity index is 4.27. The second-order valence-corrected chi connectivity index (χ2v) is 5.26. The van der Waals surface area contributed by atoms with Crippen LogP contribution in [-0.2, 0) is 9.59 Å². The Morgan fingerprint density at radius 3 is 2.22 bits per heavy atom. The van der Waals surface area contributed by atoms with Crippen molar-refractivity contribution >= 4 is 18.0 Å². The molecule has 2 amide bonds. The minimum absolute atomic E-state index is 0.0135. The number of nitrogens with zero attached hydrogens (tertiary/aromatic N) is 2. The van der Waals surface area contributed by atoms with E-state index in [9.17, 15) is 9.59 Å². The zero-order valence-corrected chi connectivity index (χ0v) is 14.4. The monoisotopic (exact) mass is 328 g/mol. The summed E-state index contributed by atoms with van der Waals surface area (Å²) < 4.78 is 0. The lowest BCUT2D eigenvalue weighted by Gasteiger charge is -2.26. The molecule has 8 nitrogen and oxygen atoms in total. The summed E-state index contributed by atoms with van der Waals surface area (Å²) in [6.45, 7) is 7.09. The van der Waals surface area contributed by atoms with Crippen LogP contribution in [-0.4, -0.2) is 87.2 Å². The average Bonchev–Trinajstić information content (AvgIpc) is 2.54. The number of nitrogens with two attached hydrogens (primary N) is 1. The highest BCUT2D eigenvalue weighted by Crippen LogP contribution is 1.96. The van der Waals surface area contributed by atoms with E-state index in [0.717, 1.165) is 19.6 Å². The fraction of sp³-hybridized carbons (Fsp3) is 0.800. The van der Waals surface area contributed by atoms with Crippen LogP contribution in [0.5, 0.6) is 0 Å². The van der Waals surface area contributed by atoms with E-state index in [1.165, 1.54) is 6.21 Å². The molecule has 5 N–H and O–H groups in total. The predicted molar refractivity (Wildman–Crippen MR) is 92.7 cm³/mol. The van der Waals surface area contributed by atoms with Crippen LogP contribution in [0.1, 0.15) is 19.8 Å². The average molecular weight is 328 g/mol. The number of nitrogens with one attached hydrogen (secondary N) is 3. The second-order valence-electron chi connectivity index (χ2n) is 5.26. The minimum Gasteiger partial charge on any atom is -0.359 e. The smallest absolute Gasteiger partial charge is 0.221 e. The number of amides is 2. The lowest BCUT2D eigenvalue weighted by molar-refractivity contribution is -0.122. The summed E-state index contributed by atoms with van der Waals surface area (Å²) in [4.78, 5) is 27.1. The molecule has 0 aromatic carbocycles. The maximum atomic E-state index is 11.5. The summed E-state index contributed by atoms with van der Waals surface area (Å²) >= 11 is 0. The molecule has 0 aromatic rings. The fourth-order valence-corrected chi connectivity index (χ4v) is 2.15. The Labute approximate surface area is 139 Å². The van der Waals surface area contributed by atoms with Crippen molar-refractivity contribution in [3.8, 4) is 0 Å². The van der Waals surface area contributed by atoms with E-state index >= 15 is 0 Å². The van der Waals surface area contributed by atoms with E-state index in [1.807, 2.05) is 6.92 Å². The first kappa shape index (κ1) is 21.5. The predicted octanol–water partition coefficient (Wildman–Crippen LogP) is -1.14. The molecule has 8 heteroatoms. The van der Waals surface area contributed by atoms with E-state index in [1.54, 1.807) is 7.05 Å².